The molecule has 0 saturated heterocycles. The molecule has 1 aromatic heterocycles. The van der Waals surface area contributed by atoms with Crippen molar-refractivity contribution in [1.29, 1.82) is 0 Å². The maximum Gasteiger partial charge on any atom is 0.262 e. The van der Waals surface area contributed by atoms with Crippen LogP contribution in [-0.4, -0.2) is 21.4 Å². The minimum absolute atomic E-state index is 0.0175. The Morgan fingerprint density at radius 1 is 1.38 bits per heavy atom. The summed E-state index contributed by atoms with van der Waals surface area (Å²) in [6.07, 6.45) is 2.68. The highest BCUT2D eigenvalue weighted by molar-refractivity contribution is 5.93. The van der Waals surface area contributed by atoms with Crippen LogP contribution in [-0.2, 0) is 9.59 Å². The average molecular weight is 326 g/mol. The topological polar surface area (TPSA) is 107 Å². The van der Waals surface area contributed by atoms with Crippen molar-refractivity contribution in [3.05, 3.63) is 46.5 Å². The van der Waals surface area contributed by atoms with E-state index in [4.69, 9.17) is 5.73 Å². The Balaban J connectivity index is 2.25. The molecule has 0 spiro atoms. The van der Waals surface area contributed by atoms with Gasteiger partial charge in [-0.15, -0.1) is 0 Å². The first-order valence-corrected chi connectivity index (χ1v) is 7.84. The first kappa shape index (κ1) is 15.9. The Labute approximate surface area is 138 Å². The van der Waals surface area contributed by atoms with Gasteiger partial charge in [0.15, 0.2) is 5.82 Å². The van der Waals surface area contributed by atoms with E-state index in [1.54, 1.807) is 24.3 Å². The number of nitrogens with one attached hydrogen (secondary N) is 1. The zero-order valence-corrected chi connectivity index (χ0v) is 13.3. The number of hydrogen-bond acceptors (Lipinski definition) is 4. The molecular weight excluding hydrogens is 308 g/mol. The maximum atomic E-state index is 12.9. The van der Waals surface area contributed by atoms with Crippen LogP contribution in [0.15, 0.2) is 35.1 Å². The van der Waals surface area contributed by atoms with E-state index >= 15 is 0 Å². The molecule has 124 valence electrons. The van der Waals surface area contributed by atoms with E-state index in [9.17, 15) is 14.4 Å². The van der Waals surface area contributed by atoms with Crippen molar-refractivity contribution < 1.29 is 9.59 Å². The molecule has 24 heavy (non-hydrogen) atoms. The molecule has 3 N–H and O–H groups in total. The van der Waals surface area contributed by atoms with Crippen molar-refractivity contribution in [2.45, 2.75) is 32.2 Å². The SMILES string of the molecule is CCC=C1NC(=O)C(CCC(N)=O)n2c1nc1ccccc1c2=O. The molecule has 1 aliphatic heterocycles. The van der Waals surface area contributed by atoms with Gasteiger partial charge >= 0.3 is 0 Å². The van der Waals surface area contributed by atoms with Gasteiger partial charge in [0.05, 0.1) is 16.6 Å². The third-order valence-electron chi connectivity index (χ3n) is 3.99. The summed E-state index contributed by atoms with van der Waals surface area (Å²) >= 11 is 0. The molecule has 1 atom stereocenters. The van der Waals surface area contributed by atoms with Crippen LogP contribution in [0.3, 0.4) is 0 Å². The minimum atomic E-state index is -0.800. The van der Waals surface area contributed by atoms with Crippen molar-refractivity contribution in [2.24, 2.45) is 5.73 Å². The van der Waals surface area contributed by atoms with E-state index in [0.717, 1.165) is 0 Å². The van der Waals surface area contributed by atoms with Gasteiger partial charge in [0.2, 0.25) is 11.8 Å². The van der Waals surface area contributed by atoms with E-state index in [0.29, 0.717) is 28.8 Å². The second-order valence-electron chi connectivity index (χ2n) is 5.66. The van der Waals surface area contributed by atoms with Crippen molar-refractivity contribution in [3.8, 4) is 0 Å². The van der Waals surface area contributed by atoms with Crippen LogP contribution < -0.4 is 16.6 Å². The molecule has 2 aromatic rings. The van der Waals surface area contributed by atoms with Crippen LogP contribution in [0.25, 0.3) is 16.6 Å². The fourth-order valence-electron chi connectivity index (χ4n) is 2.90. The number of nitrogens with two attached hydrogens (primary N) is 1. The molecule has 0 saturated carbocycles. The molecule has 1 aromatic carbocycles. The number of rotatable bonds is 4. The number of fused-ring (bicyclic) bond motifs is 2. The van der Waals surface area contributed by atoms with Crippen molar-refractivity contribution >= 4 is 28.4 Å². The Hall–Kier alpha value is -2.96. The molecule has 0 fully saturated rings. The largest absolute Gasteiger partial charge is 0.370 e. The van der Waals surface area contributed by atoms with Crippen molar-refractivity contribution in [3.63, 3.8) is 0 Å². The monoisotopic (exact) mass is 326 g/mol. The van der Waals surface area contributed by atoms with E-state index in [2.05, 4.69) is 10.3 Å². The lowest BCUT2D eigenvalue weighted by molar-refractivity contribution is -0.124. The number of benzene rings is 1. The lowest BCUT2D eigenvalue weighted by Gasteiger charge is -2.28. The quantitative estimate of drug-likeness (QED) is 0.876. The molecule has 0 radical (unpaired) electrons. The van der Waals surface area contributed by atoms with Crippen LogP contribution >= 0.6 is 0 Å². The van der Waals surface area contributed by atoms with Crippen LogP contribution in [0, 0.1) is 0 Å². The second kappa shape index (κ2) is 6.27. The van der Waals surface area contributed by atoms with Crippen LogP contribution in [0.4, 0.5) is 0 Å². The lowest BCUT2D eigenvalue weighted by Crippen LogP contribution is -2.44. The van der Waals surface area contributed by atoms with Crippen molar-refractivity contribution in [2.75, 3.05) is 0 Å². The van der Waals surface area contributed by atoms with E-state index < -0.39 is 11.9 Å². The number of allylic oxidation sites excluding steroid dienone is 1. The molecule has 2 heterocycles. The zero-order valence-electron chi connectivity index (χ0n) is 13.3. The van der Waals surface area contributed by atoms with E-state index in [1.165, 1.54) is 4.57 Å². The summed E-state index contributed by atoms with van der Waals surface area (Å²) in [5.41, 5.74) is 5.99. The second-order valence-corrected chi connectivity index (χ2v) is 5.66. The van der Waals surface area contributed by atoms with Gasteiger partial charge in [-0.2, -0.15) is 0 Å². The fraction of sp³-hybridized carbons (Fsp3) is 0.294. The molecular formula is C17H18N4O3. The smallest absolute Gasteiger partial charge is 0.262 e. The van der Waals surface area contributed by atoms with Gasteiger partial charge in [-0.3, -0.25) is 19.0 Å². The van der Waals surface area contributed by atoms with Gasteiger partial charge in [0.25, 0.3) is 5.56 Å². The summed E-state index contributed by atoms with van der Waals surface area (Å²) in [5, 5.41) is 3.23. The molecule has 2 amide bonds. The van der Waals surface area contributed by atoms with Crippen LogP contribution in [0.1, 0.15) is 38.1 Å². The Morgan fingerprint density at radius 3 is 2.83 bits per heavy atom. The van der Waals surface area contributed by atoms with Gasteiger partial charge in [-0.25, -0.2) is 4.98 Å². The number of para-hydroxylation sites is 1. The summed E-state index contributed by atoms with van der Waals surface area (Å²) in [6, 6.07) is 6.20. The van der Waals surface area contributed by atoms with E-state index in [1.807, 2.05) is 13.0 Å². The predicted octanol–water partition coefficient (Wildman–Crippen LogP) is 1.08. The first-order chi connectivity index (χ1) is 11.5. The highest BCUT2D eigenvalue weighted by Gasteiger charge is 2.32. The van der Waals surface area contributed by atoms with Crippen molar-refractivity contribution in [1.82, 2.24) is 14.9 Å². The molecule has 7 nitrogen and oxygen atoms in total. The highest BCUT2D eigenvalue weighted by Crippen LogP contribution is 2.25. The van der Waals surface area contributed by atoms with Crippen LogP contribution in [0.2, 0.25) is 0 Å². The first-order valence-electron chi connectivity index (χ1n) is 7.84. The minimum Gasteiger partial charge on any atom is -0.370 e. The molecule has 7 heteroatoms. The van der Waals surface area contributed by atoms with Gasteiger partial charge in [0, 0.05) is 6.42 Å². The number of aromatic nitrogens is 2. The summed E-state index contributed by atoms with van der Waals surface area (Å²) in [6.45, 7) is 1.93. The summed E-state index contributed by atoms with van der Waals surface area (Å²) < 4.78 is 1.38. The maximum absolute atomic E-state index is 12.9. The summed E-state index contributed by atoms with van der Waals surface area (Å²) in [7, 11) is 0. The summed E-state index contributed by atoms with van der Waals surface area (Å²) in [5.74, 6) is -0.432. The number of carbonyl (C=O) groups is 2. The number of amides is 2. The van der Waals surface area contributed by atoms with Gasteiger partial charge in [0.1, 0.15) is 6.04 Å². The predicted molar refractivity (Wildman–Crippen MR) is 89.9 cm³/mol. The number of primary amides is 1. The highest BCUT2D eigenvalue weighted by atomic mass is 16.2. The third kappa shape index (κ3) is 2.68. The van der Waals surface area contributed by atoms with Gasteiger partial charge < -0.3 is 11.1 Å². The standard InChI is InChI=1S/C17H18N4O3/c1-2-5-12-15-19-11-7-4-3-6-10(11)17(24)21(15)13(16(23)20-12)8-9-14(18)22/h3-7,13H,2,8-9H2,1H3,(H2,18,22)(H,20,23). The molecule has 1 unspecified atom stereocenters. The number of nitrogens with zero attached hydrogens (tertiary/aromatic N) is 2. The van der Waals surface area contributed by atoms with E-state index in [-0.39, 0.29) is 24.3 Å². The molecule has 1 aliphatic rings. The number of carbonyl (C=O) groups excluding carboxylic acids is 2. The normalized spacial score (nSPS) is 18.5. The Kier molecular flexibility index (Phi) is 4.16. The molecule has 0 bridgehead atoms. The average Bonchev–Trinajstić information content (AvgIpc) is 2.55. The van der Waals surface area contributed by atoms with Crippen LogP contribution in [0.5, 0.6) is 0 Å². The van der Waals surface area contributed by atoms with Gasteiger partial charge in [-0.1, -0.05) is 25.1 Å². The third-order valence-corrected chi connectivity index (χ3v) is 3.99. The van der Waals surface area contributed by atoms with Gasteiger partial charge in [-0.05, 0) is 25.0 Å². The Bertz CT molecular complexity index is 914. The number of hydrogen-bond donors (Lipinski definition) is 2. The fourth-order valence-corrected chi connectivity index (χ4v) is 2.90. The lowest BCUT2D eigenvalue weighted by atomic mass is 10.1. The Morgan fingerprint density at radius 2 is 2.12 bits per heavy atom. The molecule has 3 rings (SSSR count). The zero-order chi connectivity index (χ0) is 17.3. The summed E-state index contributed by atoms with van der Waals surface area (Å²) in [4.78, 5) is 41.0. The molecule has 0 aliphatic carbocycles.